The third-order valence-corrected chi connectivity index (χ3v) is 6.35. The molecule has 1 saturated heterocycles. The van der Waals surface area contributed by atoms with Crippen LogP contribution in [0, 0.1) is 0 Å². The summed E-state index contributed by atoms with van der Waals surface area (Å²) in [5, 5.41) is 2.83. The first kappa shape index (κ1) is 19.5. The third kappa shape index (κ3) is 4.72. The Kier molecular flexibility index (Phi) is 6.22. The monoisotopic (exact) mass is 389 g/mol. The fourth-order valence-corrected chi connectivity index (χ4v) is 4.20. The molecule has 1 aliphatic rings. The maximum atomic E-state index is 12.6. The first-order valence-electron chi connectivity index (χ1n) is 8.75. The van der Waals surface area contributed by atoms with Crippen molar-refractivity contribution >= 4 is 15.9 Å². The van der Waals surface area contributed by atoms with Gasteiger partial charge >= 0.3 is 0 Å². The highest BCUT2D eigenvalue weighted by Crippen LogP contribution is 2.17. The quantitative estimate of drug-likeness (QED) is 0.770. The van der Waals surface area contributed by atoms with Gasteiger partial charge in [0, 0.05) is 31.7 Å². The molecule has 1 fully saturated rings. The number of benzene rings is 2. The third-order valence-electron chi connectivity index (χ3n) is 4.44. The predicted octanol–water partition coefficient (Wildman–Crippen LogP) is 1.10. The van der Waals surface area contributed by atoms with Crippen molar-refractivity contribution in [3.05, 3.63) is 65.2 Å². The predicted molar refractivity (Wildman–Crippen MR) is 102 cm³/mol. The Morgan fingerprint density at radius 2 is 1.59 bits per heavy atom. The van der Waals surface area contributed by atoms with Gasteiger partial charge in [-0.2, -0.15) is 4.31 Å². The van der Waals surface area contributed by atoms with E-state index in [9.17, 15) is 13.2 Å². The van der Waals surface area contributed by atoms with E-state index in [1.54, 1.807) is 36.4 Å². The van der Waals surface area contributed by atoms with Crippen LogP contribution in [0.5, 0.6) is 0 Å². The summed E-state index contributed by atoms with van der Waals surface area (Å²) < 4.78 is 31.8. The van der Waals surface area contributed by atoms with E-state index in [1.807, 2.05) is 12.1 Å². The zero-order valence-electron chi connectivity index (χ0n) is 14.9. The number of rotatable bonds is 6. The van der Waals surface area contributed by atoms with Gasteiger partial charge in [0.05, 0.1) is 18.1 Å². The molecule has 0 aliphatic carbocycles. The van der Waals surface area contributed by atoms with Crippen LogP contribution in [0.2, 0.25) is 0 Å². The van der Waals surface area contributed by atoms with Crippen molar-refractivity contribution < 1.29 is 17.9 Å². The topological polar surface area (TPSA) is 102 Å². The van der Waals surface area contributed by atoms with E-state index in [-0.39, 0.29) is 10.8 Å². The molecular formula is C19H23N3O4S. The minimum Gasteiger partial charge on any atom is -0.379 e. The number of hydrogen-bond donors (Lipinski definition) is 2. The normalized spacial score (nSPS) is 15.4. The summed E-state index contributed by atoms with van der Waals surface area (Å²) in [7, 11) is -3.50. The van der Waals surface area contributed by atoms with Gasteiger partial charge < -0.3 is 15.8 Å². The van der Waals surface area contributed by atoms with Crippen LogP contribution < -0.4 is 11.1 Å². The van der Waals surface area contributed by atoms with Crippen LogP contribution in [-0.4, -0.2) is 44.9 Å². The molecule has 0 atom stereocenters. The Morgan fingerprint density at radius 3 is 2.19 bits per heavy atom. The number of ether oxygens (including phenoxy) is 1. The van der Waals surface area contributed by atoms with E-state index in [4.69, 9.17) is 10.5 Å². The second-order valence-electron chi connectivity index (χ2n) is 6.24. The average Bonchev–Trinajstić information content (AvgIpc) is 2.73. The molecule has 3 rings (SSSR count). The van der Waals surface area contributed by atoms with Gasteiger partial charge in [0.2, 0.25) is 10.0 Å². The first-order chi connectivity index (χ1) is 13.0. The lowest BCUT2D eigenvalue weighted by atomic mass is 10.1. The number of amides is 1. The number of carbonyl (C=O) groups is 1. The van der Waals surface area contributed by atoms with Crippen LogP contribution in [0.1, 0.15) is 21.5 Å². The van der Waals surface area contributed by atoms with Crippen LogP contribution in [0.15, 0.2) is 53.4 Å². The number of sulfonamides is 1. The molecule has 0 spiro atoms. The lowest BCUT2D eigenvalue weighted by molar-refractivity contribution is 0.0730. The van der Waals surface area contributed by atoms with Crippen molar-refractivity contribution in [3.8, 4) is 0 Å². The lowest BCUT2D eigenvalue weighted by Gasteiger charge is -2.26. The fourth-order valence-electron chi connectivity index (χ4n) is 2.79. The molecule has 0 bridgehead atoms. The SMILES string of the molecule is NCc1ccc(C(=O)NCc2ccc(S(=O)(=O)N3CCOCC3)cc2)cc1. The molecule has 0 saturated carbocycles. The van der Waals surface area contributed by atoms with E-state index in [1.165, 1.54) is 4.31 Å². The highest BCUT2D eigenvalue weighted by Gasteiger charge is 2.26. The smallest absolute Gasteiger partial charge is 0.251 e. The van der Waals surface area contributed by atoms with Gasteiger partial charge in [-0.3, -0.25) is 4.79 Å². The van der Waals surface area contributed by atoms with E-state index >= 15 is 0 Å². The number of morpholine rings is 1. The molecule has 0 aromatic heterocycles. The molecule has 27 heavy (non-hydrogen) atoms. The summed E-state index contributed by atoms with van der Waals surface area (Å²) in [6, 6.07) is 13.7. The maximum Gasteiger partial charge on any atom is 0.251 e. The van der Waals surface area contributed by atoms with Crippen molar-refractivity contribution in [2.45, 2.75) is 18.0 Å². The largest absolute Gasteiger partial charge is 0.379 e. The van der Waals surface area contributed by atoms with Crippen LogP contribution >= 0.6 is 0 Å². The second kappa shape index (κ2) is 8.62. The van der Waals surface area contributed by atoms with Crippen molar-refractivity contribution in [2.75, 3.05) is 26.3 Å². The zero-order valence-corrected chi connectivity index (χ0v) is 15.7. The van der Waals surface area contributed by atoms with Gasteiger partial charge in [-0.05, 0) is 35.4 Å². The number of nitrogens with one attached hydrogen (secondary N) is 1. The second-order valence-corrected chi connectivity index (χ2v) is 8.18. The molecule has 7 nitrogen and oxygen atoms in total. The van der Waals surface area contributed by atoms with Crippen molar-refractivity contribution in [1.82, 2.24) is 9.62 Å². The number of nitrogens with zero attached hydrogens (tertiary/aromatic N) is 1. The minimum absolute atomic E-state index is 0.191. The van der Waals surface area contributed by atoms with Gasteiger partial charge in [-0.15, -0.1) is 0 Å². The molecule has 8 heteroatoms. The molecule has 1 aliphatic heterocycles. The summed E-state index contributed by atoms with van der Waals surface area (Å²) in [5.74, 6) is -0.191. The summed E-state index contributed by atoms with van der Waals surface area (Å²) >= 11 is 0. The van der Waals surface area contributed by atoms with E-state index in [0.29, 0.717) is 45.0 Å². The van der Waals surface area contributed by atoms with Crippen LogP contribution in [0.4, 0.5) is 0 Å². The highest BCUT2D eigenvalue weighted by atomic mass is 32.2. The summed E-state index contributed by atoms with van der Waals surface area (Å²) in [6.45, 7) is 2.30. The van der Waals surface area contributed by atoms with Gasteiger partial charge in [0.1, 0.15) is 0 Å². The Morgan fingerprint density at radius 1 is 1.00 bits per heavy atom. The standard InChI is InChI=1S/C19H23N3O4S/c20-13-15-1-5-17(6-2-15)19(23)21-14-16-3-7-18(8-4-16)27(24,25)22-9-11-26-12-10-22/h1-8H,9-14,20H2,(H,21,23). The molecule has 2 aromatic rings. The van der Waals surface area contributed by atoms with Gasteiger partial charge in [-0.25, -0.2) is 8.42 Å². The summed E-state index contributed by atoms with van der Waals surface area (Å²) in [5.41, 5.74) is 7.89. The van der Waals surface area contributed by atoms with Crippen LogP contribution in [-0.2, 0) is 27.8 Å². The Balaban J connectivity index is 1.61. The highest BCUT2D eigenvalue weighted by molar-refractivity contribution is 7.89. The molecule has 3 N–H and O–H groups in total. The maximum absolute atomic E-state index is 12.6. The van der Waals surface area contributed by atoms with E-state index in [0.717, 1.165) is 11.1 Å². The van der Waals surface area contributed by atoms with Crippen LogP contribution in [0.25, 0.3) is 0 Å². The Labute approximate surface area is 159 Å². The Bertz CT molecular complexity index is 874. The van der Waals surface area contributed by atoms with Gasteiger partial charge in [0.25, 0.3) is 5.91 Å². The van der Waals surface area contributed by atoms with Crippen molar-refractivity contribution in [2.24, 2.45) is 5.73 Å². The van der Waals surface area contributed by atoms with E-state index < -0.39 is 10.0 Å². The van der Waals surface area contributed by atoms with Crippen molar-refractivity contribution in [3.63, 3.8) is 0 Å². The first-order valence-corrected chi connectivity index (χ1v) is 10.2. The number of hydrogen-bond acceptors (Lipinski definition) is 5. The van der Waals surface area contributed by atoms with E-state index in [2.05, 4.69) is 5.32 Å². The Hall–Kier alpha value is -2.26. The van der Waals surface area contributed by atoms with Crippen molar-refractivity contribution in [1.29, 1.82) is 0 Å². The average molecular weight is 389 g/mol. The minimum atomic E-state index is -3.50. The number of carbonyl (C=O) groups excluding carboxylic acids is 1. The molecule has 0 unspecified atom stereocenters. The molecule has 144 valence electrons. The number of nitrogens with two attached hydrogens (primary N) is 1. The fraction of sp³-hybridized carbons (Fsp3) is 0.316. The van der Waals surface area contributed by atoms with Gasteiger partial charge in [0.15, 0.2) is 0 Å². The molecule has 1 amide bonds. The summed E-state index contributed by atoms with van der Waals surface area (Å²) in [4.78, 5) is 12.4. The molecule has 0 radical (unpaired) electrons. The van der Waals surface area contributed by atoms with Crippen LogP contribution in [0.3, 0.4) is 0 Å². The summed E-state index contributed by atoms with van der Waals surface area (Å²) in [6.07, 6.45) is 0. The van der Waals surface area contributed by atoms with Gasteiger partial charge in [-0.1, -0.05) is 24.3 Å². The molecule has 2 aromatic carbocycles. The molecular weight excluding hydrogens is 366 g/mol. The lowest BCUT2D eigenvalue weighted by Crippen LogP contribution is -2.40. The molecule has 1 heterocycles. The zero-order chi connectivity index (χ0) is 19.3.